The van der Waals surface area contributed by atoms with E-state index in [-0.39, 0.29) is 11.3 Å². The molecule has 0 N–H and O–H groups in total. The molecule has 1 aromatic heterocycles. The number of hydrogen-bond acceptors (Lipinski definition) is 3. The van der Waals surface area contributed by atoms with Gasteiger partial charge in [-0.2, -0.15) is 0 Å². The van der Waals surface area contributed by atoms with Gasteiger partial charge < -0.3 is 0 Å². The Kier molecular flexibility index (Phi) is 5.50. The molecular formula is C18H14ClF2N3S. The molecule has 25 heavy (non-hydrogen) atoms. The Morgan fingerprint density at radius 3 is 2.40 bits per heavy atom. The number of nitrogens with zero attached hydrogens (tertiary/aromatic N) is 3. The van der Waals surface area contributed by atoms with Crippen LogP contribution < -0.4 is 0 Å². The van der Waals surface area contributed by atoms with Crippen LogP contribution in [0.25, 0.3) is 11.4 Å². The van der Waals surface area contributed by atoms with Crippen LogP contribution in [0, 0.1) is 11.6 Å². The lowest BCUT2D eigenvalue weighted by Gasteiger charge is -2.08. The summed E-state index contributed by atoms with van der Waals surface area (Å²) >= 11 is 7.14. The van der Waals surface area contributed by atoms with Crippen LogP contribution in [-0.2, 0) is 12.3 Å². The molecule has 0 aliphatic carbocycles. The fourth-order valence-electron chi connectivity index (χ4n) is 2.31. The third-order valence-electron chi connectivity index (χ3n) is 3.54. The summed E-state index contributed by atoms with van der Waals surface area (Å²) in [6.45, 7) is 4.22. The predicted molar refractivity (Wildman–Crippen MR) is 96.6 cm³/mol. The fraction of sp³-hybridized carbons (Fsp3) is 0.111. The van der Waals surface area contributed by atoms with Crippen LogP contribution in [0.1, 0.15) is 5.56 Å². The Hall–Kier alpha value is -2.18. The molecule has 2 aromatic carbocycles. The second-order valence-corrected chi connectivity index (χ2v) is 6.58. The first-order valence-corrected chi connectivity index (χ1v) is 8.82. The molecule has 0 atom stereocenters. The maximum Gasteiger partial charge on any atom is 0.192 e. The van der Waals surface area contributed by atoms with Gasteiger partial charge in [0.15, 0.2) is 11.0 Å². The van der Waals surface area contributed by atoms with Crippen molar-refractivity contribution in [2.45, 2.75) is 17.5 Å². The summed E-state index contributed by atoms with van der Waals surface area (Å²) in [5.74, 6) is -0.373. The van der Waals surface area contributed by atoms with E-state index in [2.05, 4.69) is 16.8 Å². The maximum atomic E-state index is 13.8. The predicted octanol–water partition coefficient (Wildman–Crippen LogP) is 5.36. The van der Waals surface area contributed by atoms with E-state index in [9.17, 15) is 8.78 Å². The van der Waals surface area contributed by atoms with Gasteiger partial charge in [0.2, 0.25) is 0 Å². The quantitative estimate of drug-likeness (QED) is 0.428. The monoisotopic (exact) mass is 377 g/mol. The minimum Gasteiger partial charge on any atom is -0.298 e. The molecule has 128 valence electrons. The molecule has 0 radical (unpaired) electrons. The van der Waals surface area contributed by atoms with Crippen molar-refractivity contribution in [1.82, 2.24) is 14.8 Å². The second kappa shape index (κ2) is 7.80. The number of rotatable bonds is 6. The Bertz CT molecular complexity index is 874. The zero-order valence-electron chi connectivity index (χ0n) is 13.1. The van der Waals surface area contributed by atoms with Crippen LogP contribution in [0.4, 0.5) is 8.78 Å². The summed E-state index contributed by atoms with van der Waals surface area (Å²) in [5, 5.41) is 9.55. The van der Waals surface area contributed by atoms with Gasteiger partial charge in [0.05, 0.1) is 0 Å². The Morgan fingerprint density at radius 1 is 1.08 bits per heavy atom. The van der Waals surface area contributed by atoms with Crippen molar-refractivity contribution < 1.29 is 8.78 Å². The van der Waals surface area contributed by atoms with E-state index in [0.29, 0.717) is 22.5 Å². The van der Waals surface area contributed by atoms with Crippen molar-refractivity contribution >= 4 is 23.4 Å². The van der Waals surface area contributed by atoms with Crippen molar-refractivity contribution in [3.63, 3.8) is 0 Å². The fourth-order valence-corrected chi connectivity index (χ4v) is 3.40. The zero-order chi connectivity index (χ0) is 17.8. The van der Waals surface area contributed by atoms with E-state index in [1.165, 1.54) is 30.0 Å². The van der Waals surface area contributed by atoms with Gasteiger partial charge in [-0.05, 0) is 36.4 Å². The molecule has 0 fully saturated rings. The molecule has 0 saturated heterocycles. The maximum absolute atomic E-state index is 13.8. The van der Waals surface area contributed by atoms with Gasteiger partial charge in [-0.25, -0.2) is 8.78 Å². The number of thioether (sulfide) groups is 1. The van der Waals surface area contributed by atoms with Crippen molar-refractivity contribution in [3.05, 3.63) is 77.3 Å². The number of hydrogen-bond donors (Lipinski definition) is 0. The molecular weight excluding hydrogens is 364 g/mol. The molecule has 0 unspecified atom stereocenters. The summed E-state index contributed by atoms with van der Waals surface area (Å²) < 4.78 is 29.4. The van der Waals surface area contributed by atoms with Gasteiger partial charge in [-0.15, -0.1) is 16.8 Å². The van der Waals surface area contributed by atoms with Crippen LogP contribution >= 0.6 is 23.4 Å². The smallest absolute Gasteiger partial charge is 0.192 e. The molecule has 7 heteroatoms. The topological polar surface area (TPSA) is 30.7 Å². The number of aromatic nitrogens is 3. The Balaban J connectivity index is 1.89. The second-order valence-electron chi connectivity index (χ2n) is 5.20. The molecule has 0 amide bonds. The largest absolute Gasteiger partial charge is 0.298 e. The first-order chi connectivity index (χ1) is 12.1. The average Bonchev–Trinajstić information content (AvgIpc) is 2.98. The normalized spacial score (nSPS) is 10.8. The lowest BCUT2D eigenvalue weighted by molar-refractivity contribution is 0.566. The lowest BCUT2D eigenvalue weighted by Crippen LogP contribution is -2.01. The van der Waals surface area contributed by atoms with Crippen LogP contribution in [0.15, 0.2) is 60.3 Å². The highest BCUT2D eigenvalue weighted by Gasteiger charge is 2.16. The number of halogens is 3. The molecule has 3 nitrogen and oxygen atoms in total. The van der Waals surface area contributed by atoms with Gasteiger partial charge in [0.25, 0.3) is 0 Å². The standard InChI is InChI=1S/C18H14ClF2N3S/c1-2-10-24-17(12-6-8-13(19)9-7-12)22-23-18(24)25-11-14-15(20)4-3-5-16(14)21/h2-9H,1,10-11H2. The van der Waals surface area contributed by atoms with Crippen LogP contribution in [0.2, 0.25) is 5.02 Å². The molecule has 3 rings (SSSR count). The summed E-state index contributed by atoms with van der Waals surface area (Å²) in [4.78, 5) is 0. The van der Waals surface area contributed by atoms with E-state index in [1.807, 2.05) is 16.7 Å². The summed E-state index contributed by atoms with van der Waals surface area (Å²) in [7, 11) is 0. The van der Waals surface area contributed by atoms with Gasteiger partial charge in [-0.3, -0.25) is 4.57 Å². The van der Waals surface area contributed by atoms with Crippen LogP contribution in [-0.4, -0.2) is 14.8 Å². The van der Waals surface area contributed by atoms with Crippen LogP contribution in [0.5, 0.6) is 0 Å². The minimum absolute atomic E-state index is 0.0219. The van der Waals surface area contributed by atoms with Crippen molar-refractivity contribution in [1.29, 1.82) is 0 Å². The summed E-state index contributed by atoms with van der Waals surface area (Å²) in [6, 6.07) is 11.1. The van der Waals surface area contributed by atoms with Gasteiger partial charge >= 0.3 is 0 Å². The van der Waals surface area contributed by atoms with E-state index < -0.39 is 11.6 Å². The number of benzene rings is 2. The first kappa shape index (κ1) is 17.6. The highest BCUT2D eigenvalue weighted by atomic mass is 35.5. The lowest BCUT2D eigenvalue weighted by atomic mass is 10.2. The molecule has 0 bridgehead atoms. The number of allylic oxidation sites excluding steroid dienone is 1. The van der Waals surface area contributed by atoms with Crippen molar-refractivity contribution in [2.75, 3.05) is 0 Å². The SMILES string of the molecule is C=CCn1c(SCc2c(F)cccc2F)nnc1-c1ccc(Cl)cc1. The summed E-state index contributed by atoms with van der Waals surface area (Å²) in [6.07, 6.45) is 1.72. The van der Waals surface area contributed by atoms with Crippen LogP contribution in [0.3, 0.4) is 0 Å². The van der Waals surface area contributed by atoms with Gasteiger partial charge in [-0.1, -0.05) is 35.5 Å². The van der Waals surface area contributed by atoms with Gasteiger partial charge in [0, 0.05) is 28.4 Å². The third kappa shape index (κ3) is 3.91. The zero-order valence-corrected chi connectivity index (χ0v) is 14.7. The highest BCUT2D eigenvalue weighted by Crippen LogP contribution is 2.28. The molecule has 0 saturated carbocycles. The van der Waals surface area contributed by atoms with Gasteiger partial charge in [0.1, 0.15) is 11.6 Å². The van der Waals surface area contributed by atoms with E-state index in [1.54, 1.807) is 18.2 Å². The van der Waals surface area contributed by atoms with E-state index in [0.717, 1.165) is 5.56 Å². The summed E-state index contributed by atoms with van der Waals surface area (Å²) in [5.41, 5.74) is 0.872. The molecule has 0 aliphatic heterocycles. The van der Waals surface area contributed by atoms with E-state index in [4.69, 9.17) is 11.6 Å². The van der Waals surface area contributed by atoms with Crippen molar-refractivity contribution in [2.24, 2.45) is 0 Å². The van der Waals surface area contributed by atoms with E-state index >= 15 is 0 Å². The molecule has 1 heterocycles. The third-order valence-corrected chi connectivity index (χ3v) is 4.78. The average molecular weight is 378 g/mol. The Labute approximate surface area is 153 Å². The Morgan fingerprint density at radius 2 is 1.76 bits per heavy atom. The minimum atomic E-state index is -0.569. The molecule has 0 spiro atoms. The molecule has 3 aromatic rings. The molecule has 0 aliphatic rings. The van der Waals surface area contributed by atoms with Crippen molar-refractivity contribution in [3.8, 4) is 11.4 Å². The first-order valence-electron chi connectivity index (χ1n) is 7.46. The highest BCUT2D eigenvalue weighted by molar-refractivity contribution is 7.98.